The summed E-state index contributed by atoms with van der Waals surface area (Å²) in [5.41, 5.74) is 1.52. The molecule has 1 fully saturated rings. The second kappa shape index (κ2) is 9.67. The van der Waals surface area contributed by atoms with E-state index in [1.807, 2.05) is 40.0 Å². The molecule has 0 radical (unpaired) electrons. The number of pyridine rings is 1. The Morgan fingerprint density at radius 3 is 2.50 bits per heavy atom. The van der Waals surface area contributed by atoms with Gasteiger partial charge >= 0.3 is 0 Å². The molecule has 1 aliphatic heterocycles. The first-order chi connectivity index (χ1) is 15.1. The van der Waals surface area contributed by atoms with E-state index < -0.39 is 5.66 Å². The molecule has 8 heteroatoms. The van der Waals surface area contributed by atoms with Gasteiger partial charge < -0.3 is 20.5 Å². The number of amides is 2. The van der Waals surface area contributed by atoms with Gasteiger partial charge in [0.05, 0.1) is 25.3 Å². The lowest BCUT2D eigenvalue weighted by molar-refractivity contribution is -0.115. The molecule has 32 heavy (non-hydrogen) atoms. The largest absolute Gasteiger partial charge is 0.508 e. The van der Waals surface area contributed by atoms with Gasteiger partial charge in [0.1, 0.15) is 11.4 Å². The predicted molar refractivity (Wildman–Crippen MR) is 123 cm³/mol. The van der Waals surface area contributed by atoms with Crippen LogP contribution >= 0.6 is 0 Å². The Morgan fingerprint density at radius 1 is 1.16 bits per heavy atom. The van der Waals surface area contributed by atoms with Gasteiger partial charge in [0, 0.05) is 24.7 Å². The second-order valence-electron chi connectivity index (χ2n) is 9.15. The van der Waals surface area contributed by atoms with Gasteiger partial charge in [-0.25, -0.2) is 0 Å². The molecule has 8 nitrogen and oxygen atoms in total. The van der Waals surface area contributed by atoms with Gasteiger partial charge in [-0.15, -0.1) is 0 Å². The Labute approximate surface area is 188 Å². The van der Waals surface area contributed by atoms with Crippen molar-refractivity contribution in [2.75, 3.05) is 25.6 Å². The average molecular weight is 441 g/mol. The zero-order chi connectivity index (χ0) is 23.4. The van der Waals surface area contributed by atoms with Crippen LogP contribution in [0.2, 0.25) is 0 Å². The molecule has 1 aromatic carbocycles. The van der Waals surface area contributed by atoms with E-state index in [0.717, 1.165) is 5.56 Å². The third-order valence-corrected chi connectivity index (χ3v) is 5.69. The predicted octanol–water partition coefficient (Wildman–Crippen LogP) is 2.72. The number of carbonyl (C=O) groups excluding carboxylic acids is 2. The van der Waals surface area contributed by atoms with Crippen LogP contribution < -0.4 is 16.0 Å². The van der Waals surface area contributed by atoms with Crippen molar-refractivity contribution in [3.63, 3.8) is 0 Å². The summed E-state index contributed by atoms with van der Waals surface area (Å²) >= 11 is 0. The molecule has 2 amide bonds. The van der Waals surface area contributed by atoms with Crippen molar-refractivity contribution < 1.29 is 19.4 Å². The summed E-state index contributed by atoms with van der Waals surface area (Å²) in [6, 6.07) is 8.50. The summed E-state index contributed by atoms with van der Waals surface area (Å²) in [4.78, 5) is 29.4. The van der Waals surface area contributed by atoms with Gasteiger partial charge in [-0.1, -0.05) is 32.9 Å². The lowest BCUT2D eigenvalue weighted by Gasteiger charge is -2.37. The fraction of sp³-hybridized carbons (Fsp3) is 0.458. The molecule has 0 spiro atoms. The SMILES string of the molecule is CNC1(NC(=O)c2cc(NC(=O)Cc3ccc(C(C)(C)C)c(O)c3)ccn2)CCOCC1. The Kier molecular flexibility index (Phi) is 7.16. The van der Waals surface area contributed by atoms with Crippen LogP contribution in [0.3, 0.4) is 0 Å². The summed E-state index contributed by atoms with van der Waals surface area (Å²) in [5.74, 6) is -0.390. The minimum absolute atomic E-state index is 0.102. The van der Waals surface area contributed by atoms with Gasteiger partial charge in [-0.3, -0.25) is 19.9 Å². The van der Waals surface area contributed by atoms with Crippen molar-refractivity contribution in [1.29, 1.82) is 0 Å². The summed E-state index contributed by atoms with van der Waals surface area (Å²) < 4.78 is 5.39. The molecule has 0 saturated carbocycles. The number of aromatic nitrogens is 1. The third kappa shape index (κ3) is 5.83. The van der Waals surface area contributed by atoms with Crippen LogP contribution in [-0.2, 0) is 21.4 Å². The summed E-state index contributed by atoms with van der Waals surface area (Å²) in [6.07, 6.45) is 2.91. The Hall–Kier alpha value is -2.97. The summed E-state index contributed by atoms with van der Waals surface area (Å²) in [5, 5.41) is 19.3. The topological polar surface area (TPSA) is 113 Å². The third-order valence-electron chi connectivity index (χ3n) is 5.69. The Bertz CT molecular complexity index is 978. The number of nitrogens with zero attached hydrogens (tertiary/aromatic N) is 1. The molecule has 2 heterocycles. The number of rotatable bonds is 6. The maximum atomic E-state index is 12.8. The van der Waals surface area contributed by atoms with E-state index in [2.05, 4.69) is 20.9 Å². The van der Waals surface area contributed by atoms with Crippen LogP contribution in [0.5, 0.6) is 5.75 Å². The lowest BCUT2D eigenvalue weighted by Crippen LogP contribution is -2.60. The molecule has 1 aromatic heterocycles. The maximum Gasteiger partial charge on any atom is 0.271 e. The lowest BCUT2D eigenvalue weighted by atomic mass is 9.85. The van der Waals surface area contributed by atoms with E-state index in [1.165, 1.54) is 6.20 Å². The quantitative estimate of drug-likeness (QED) is 0.514. The first kappa shape index (κ1) is 23.7. The highest BCUT2D eigenvalue weighted by Crippen LogP contribution is 2.31. The number of phenolic OH excluding ortho intramolecular Hbond substituents is 1. The second-order valence-corrected chi connectivity index (χ2v) is 9.15. The highest BCUT2D eigenvalue weighted by atomic mass is 16.5. The first-order valence-electron chi connectivity index (χ1n) is 10.8. The Balaban J connectivity index is 1.64. The standard InChI is InChI=1S/C24H32N4O4/c1-23(2,3)18-6-5-16(13-20(18)29)14-21(30)27-17-7-10-26-19(15-17)22(31)28-24(25-4)8-11-32-12-9-24/h5-7,10,13,15,25,29H,8-9,11-12,14H2,1-4H3,(H,28,31)(H,26,27,30). The molecule has 2 aromatic rings. The van der Waals surface area contributed by atoms with Crippen LogP contribution in [0, 0.1) is 0 Å². The van der Waals surface area contributed by atoms with E-state index in [4.69, 9.17) is 4.74 Å². The molecule has 0 aliphatic carbocycles. The van der Waals surface area contributed by atoms with Gasteiger partial charge in [0.2, 0.25) is 5.91 Å². The molecule has 0 unspecified atom stereocenters. The number of phenols is 1. The molecule has 1 aliphatic rings. The van der Waals surface area contributed by atoms with Gasteiger partial charge in [-0.05, 0) is 41.8 Å². The number of hydrogen-bond acceptors (Lipinski definition) is 6. The summed E-state index contributed by atoms with van der Waals surface area (Å²) in [7, 11) is 1.81. The molecule has 4 N–H and O–H groups in total. The van der Waals surface area contributed by atoms with Crippen molar-refractivity contribution in [2.24, 2.45) is 0 Å². The molecular weight excluding hydrogens is 408 g/mol. The minimum atomic E-state index is -0.530. The Morgan fingerprint density at radius 2 is 1.88 bits per heavy atom. The highest BCUT2D eigenvalue weighted by molar-refractivity contribution is 5.96. The zero-order valence-corrected chi connectivity index (χ0v) is 19.1. The number of hydrogen-bond donors (Lipinski definition) is 4. The van der Waals surface area contributed by atoms with Crippen molar-refractivity contribution in [3.05, 3.63) is 53.3 Å². The summed E-state index contributed by atoms with van der Waals surface area (Å²) in [6.45, 7) is 7.19. The smallest absolute Gasteiger partial charge is 0.271 e. The molecule has 1 saturated heterocycles. The fourth-order valence-electron chi connectivity index (χ4n) is 3.78. The van der Waals surface area contributed by atoms with Gasteiger partial charge in [0.25, 0.3) is 5.91 Å². The number of nitrogens with one attached hydrogen (secondary N) is 3. The normalized spacial score (nSPS) is 15.8. The van der Waals surface area contributed by atoms with Crippen LogP contribution in [0.15, 0.2) is 36.5 Å². The number of anilines is 1. The molecular formula is C24H32N4O4. The minimum Gasteiger partial charge on any atom is -0.508 e. The van der Waals surface area contributed by atoms with E-state index in [0.29, 0.717) is 37.3 Å². The van der Waals surface area contributed by atoms with Crippen LogP contribution in [0.1, 0.15) is 55.2 Å². The van der Waals surface area contributed by atoms with E-state index in [9.17, 15) is 14.7 Å². The van der Waals surface area contributed by atoms with E-state index in [-0.39, 0.29) is 35.1 Å². The van der Waals surface area contributed by atoms with E-state index >= 15 is 0 Å². The van der Waals surface area contributed by atoms with Gasteiger partial charge in [0.15, 0.2) is 0 Å². The van der Waals surface area contributed by atoms with Crippen LogP contribution in [-0.4, -0.2) is 47.8 Å². The highest BCUT2D eigenvalue weighted by Gasteiger charge is 2.33. The average Bonchev–Trinajstić information content (AvgIpc) is 2.73. The molecule has 0 bridgehead atoms. The van der Waals surface area contributed by atoms with Crippen molar-refractivity contribution in [1.82, 2.24) is 15.6 Å². The number of benzene rings is 1. The zero-order valence-electron chi connectivity index (χ0n) is 19.1. The van der Waals surface area contributed by atoms with Crippen LogP contribution in [0.25, 0.3) is 0 Å². The number of aromatic hydroxyl groups is 1. The van der Waals surface area contributed by atoms with Crippen molar-refractivity contribution in [2.45, 2.75) is 51.1 Å². The molecule has 3 rings (SSSR count). The maximum absolute atomic E-state index is 12.8. The van der Waals surface area contributed by atoms with E-state index in [1.54, 1.807) is 18.2 Å². The number of carbonyl (C=O) groups is 2. The van der Waals surface area contributed by atoms with Crippen LogP contribution in [0.4, 0.5) is 5.69 Å². The van der Waals surface area contributed by atoms with Crippen molar-refractivity contribution >= 4 is 17.5 Å². The van der Waals surface area contributed by atoms with Crippen molar-refractivity contribution in [3.8, 4) is 5.75 Å². The monoisotopic (exact) mass is 440 g/mol. The molecule has 172 valence electrons. The number of ether oxygens (including phenoxy) is 1. The van der Waals surface area contributed by atoms with Gasteiger partial charge in [-0.2, -0.15) is 0 Å². The molecule has 0 atom stereocenters. The fourth-order valence-corrected chi connectivity index (χ4v) is 3.78. The first-order valence-corrected chi connectivity index (χ1v) is 10.8.